The highest BCUT2D eigenvalue weighted by molar-refractivity contribution is 5.77. The molecule has 0 aromatic carbocycles. The van der Waals surface area contributed by atoms with Gasteiger partial charge in [-0.15, -0.1) is 0 Å². The SMILES string of the molecule is CCC(=O)N1CCN(C(=O)OC(C)(C)C)C[C@@H]1CO. The van der Waals surface area contributed by atoms with Gasteiger partial charge in [-0.2, -0.15) is 0 Å². The van der Waals surface area contributed by atoms with Crippen molar-refractivity contribution < 1.29 is 19.4 Å². The minimum Gasteiger partial charge on any atom is -0.444 e. The van der Waals surface area contributed by atoms with Crippen molar-refractivity contribution in [3.63, 3.8) is 0 Å². The molecule has 1 aliphatic rings. The third-order valence-electron chi connectivity index (χ3n) is 2.97. The van der Waals surface area contributed by atoms with Gasteiger partial charge in [-0.3, -0.25) is 4.79 Å². The lowest BCUT2D eigenvalue weighted by molar-refractivity contribution is -0.137. The van der Waals surface area contributed by atoms with Crippen molar-refractivity contribution >= 4 is 12.0 Å². The second-order valence-corrected chi connectivity index (χ2v) is 5.70. The molecule has 1 aliphatic heterocycles. The third kappa shape index (κ3) is 4.38. The molecule has 0 aromatic heterocycles. The average Bonchev–Trinajstić information content (AvgIpc) is 2.35. The van der Waals surface area contributed by atoms with Crippen LogP contribution < -0.4 is 0 Å². The van der Waals surface area contributed by atoms with Crippen LogP contribution in [0.1, 0.15) is 34.1 Å². The molecule has 0 spiro atoms. The number of carbonyl (C=O) groups is 2. The van der Waals surface area contributed by atoms with Gasteiger partial charge in [0.1, 0.15) is 5.60 Å². The molecule has 1 rings (SSSR count). The highest BCUT2D eigenvalue weighted by Crippen LogP contribution is 2.15. The largest absolute Gasteiger partial charge is 0.444 e. The summed E-state index contributed by atoms with van der Waals surface area (Å²) in [6.45, 7) is 8.27. The van der Waals surface area contributed by atoms with Gasteiger partial charge in [0.05, 0.1) is 12.6 Å². The topological polar surface area (TPSA) is 70.1 Å². The molecule has 1 N–H and O–H groups in total. The fourth-order valence-electron chi connectivity index (χ4n) is 2.04. The van der Waals surface area contributed by atoms with Crippen LogP contribution in [-0.4, -0.2) is 64.8 Å². The highest BCUT2D eigenvalue weighted by atomic mass is 16.6. The van der Waals surface area contributed by atoms with Gasteiger partial charge in [0.25, 0.3) is 0 Å². The summed E-state index contributed by atoms with van der Waals surface area (Å²) in [7, 11) is 0. The first-order valence-electron chi connectivity index (χ1n) is 6.66. The Morgan fingerprint density at radius 1 is 1.32 bits per heavy atom. The number of nitrogens with zero attached hydrogens (tertiary/aromatic N) is 2. The average molecular weight is 272 g/mol. The number of aliphatic hydroxyl groups is 1. The predicted octanol–water partition coefficient (Wildman–Crippen LogP) is 0.837. The first-order chi connectivity index (χ1) is 8.78. The number of rotatable bonds is 2. The second kappa shape index (κ2) is 6.23. The van der Waals surface area contributed by atoms with Crippen LogP contribution in [0.5, 0.6) is 0 Å². The van der Waals surface area contributed by atoms with Crippen LogP contribution in [0.15, 0.2) is 0 Å². The fourth-order valence-corrected chi connectivity index (χ4v) is 2.04. The normalized spacial score (nSPS) is 20.4. The quantitative estimate of drug-likeness (QED) is 0.808. The highest BCUT2D eigenvalue weighted by Gasteiger charge is 2.33. The van der Waals surface area contributed by atoms with E-state index < -0.39 is 11.7 Å². The Morgan fingerprint density at radius 2 is 1.95 bits per heavy atom. The Kier molecular flexibility index (Phi) is 5.17. The van der Waals surface area contributed by atoms with Crippen LogP contribution in [0, 0.1) is 0 Å². The Morgan fingerprint density at radius 3 is 2.42 bits per heavy atom. The van der Waals surface area contributed by atoms with E-state index in [2.05, 4.69) is 0 Å². The lowest BCUT2D eigenvalue weighted by Crippen LogP contribution is -2.58. The maximum atomic E-state index is 11.9. The van der Waals surface area contributed by atoms with Crippen LogP contribution in [0.3, 0.4) is 0 Å². The summed E-state index contributed by atoms with van der Waals surface area (Å²) in [5.74, 6) is 0.00267. The maximum absolute atomic E-state index is 11.9. The summed E-state index contributed by atoms with van der Waals surface area (Å²) in [6, 6.07) is -0.339. The predicted molar refractivity (Wildman–Crippen MR) is 70.7 cm³/mol. The minimum atomic E-state index is -0.540. The molecule has 0 saturated carbocycles. The van der Waals surface area contributed by atoms with Gasteiger partial charge >= 0.3 is 6.09 Å². The number of aliphatic hydroxyl groups excluding tert-OH is 1. The van der Waals surface area contributed by atoms with Crippen LogP contribution in [0.4, 0.5) is 4.79 Å². The fraction of sp³-hybridized carbons (Fsp3) is 0.846. The molecule has 6 heteroatoms. The van der Waals surface area contributed by atoms with Gasteiger partial charge in [-0.25, -0.2) is 4.79 Å². The number of carbonyl (C=O) groups excluding carboxylic acids is 2. The van der Waals surface area contributed by atoms with Gasteiger partial charge in [-0.05, 0) is 20.8 Å². The summed E-state index contributed by atoms with van der Waals surface area (Å²) < 4.78 is 5.29. The summed E-state index contributed by atoms with van der Waals surface area (Å²) in [5.41, 5.74) is -0.540. The molecule has 1 heterocycles. The summed E-state index contributed by atoms with van der Waals surface area (Å²) in [6.07, 6.45) is 0.0118. The van der Waals surface area contributed by atoms with E-state index in [0.717, 1.165) is 0 Å². The van der Waals surface area contributed by atoms with Gasteiger partial charge in [0, 0.05) is 26.1 Å². The zero-order chi connectivity index (χ0) is 14.6. The molecule has 110 valence electrons. The lowest BCUT2D eigenvalue weighted by atomic mass is 10.1. The molecule has 1 saturated heterocycles. The van der Waals surface area contributed by atoms with Crippen molar-refractivity contribution in [2.24, 2.45) is 0 Å². The Hall–Kier alpha value is -1.30. The number of amides is 2. The number of ether oxygens (including phenoxy) is 1. The Balaban J connectivity index is 2.64. The monoisotopic (exact) mass is 272 g/mol. The number of hydrogen-bond donors (Lipinski definition) is 1. The van der Waals surface area contributed by atoms with Crippen molar-refractivity contribution in [3.8, 4) is 0 Å². The van der Waals surface area contributed by atoms with Crippen molar-refractivity contribution in [1.29, 1.82) is 0 Å². The van der Waals surface area contributed by atoms with E-state index in [-0.39, 0.29) is 18.6 Å². The molecule has 6 nitrogen and oxygen atoms in total. The van der Waals surface area contributed by atoms with E-state index in [9.17, 15) is 14.7 Å². The minimum absolute atomic E-state index is 0.00267. The molecule has 2 amide bonds. The molecule has 0 radical (unpaired) electrons. The van der Waals surface area contributed by atoms with Gasteiger partial charge < -0.3 is 19.6 Å². The van der Waals surface area contributed by atoms with Crippen molar-refractivity contribution in [1.82, 2.24) is 9.80 Å². The number of piperazine rings is 1. The molecule has 0 aliphatic carbocycles. The second-order valence-electron chi connectivity index (χ2n) is 5.70. The molecule has 1 fully saturated rings. The van der Waals surface area contributed by atoms with Gasteiger partial charge in [-0.1, -0.05) is 6.92 Å². The molecular weight excluding hydrogens is 248 g/mol. The standard InChI is InChI=1S/C13H24N2O4/c1-5-11(17)15-7-6-14(8-10(15)9-16)12(18)19-13(2,3)4/h10,16H,5-9H2,1-4H3/t10-/m1/s1. The number of hydrogen-bond acceptors (Lipinski definition) is 4. The van der Waals surface area contributed by atoms with Crippen molar-refractivity contribution in [2.75, 3.05) is 26.2 Å². The van der Waals surface area contributed by atoms with E-state index in [1.807, 2.05) is 20.8 Å². The molecular formula is C13H24N2O4. The van der Waals surface area contributed by atoms with Crippen LogP contribution >= 0.6 is 0 Å². The molecule has 0 unspecified atom stereocenters. The van der Waals surface area contributed by atoms with E-state index in [0.29, 0.717) is 26.1 Å². The zero-order valence-corrected chi connectivity index (χ0v) is 12.2. The maximum Gasteiger partial charge on any atom is 0.410 e. The zero-order valence-electron chi connectivity index (χ0n) is 12.2. The van der Waals surface area contributed by atoms with Crippen LogP contribution in [-0.2, 0) is 9.53 Å². The summed E-state index contributed by atoms with van der Waals surface area (Å²) in [4.78, 5) is 26.8. The van der Waals surface area contributed by atoms with E-state index in [4.69, 9.17) is 4.74 Å². The van der Waals surface area contributed by atoms with Gasteiger partial charge in [0.15, 0.2) is 0 Å². The van der Waals surface area contributed by atoms with Crippen molar-refractivity contribution in [3.05, 3.63) is 0 Å². The van der Waals surface area contributed by atoms with E-state index >= 15 is 0 Å². The molecule has 0 bridgehead atoms. The smallest absolute Gasteiger partial charge is 0.410 e. The lowest BCUT2D eigenvalue weighted by Gasteiger charge is -2.40. The van der Waals surface area contributed by atoms with Crippen LogP contribution in [0.2, 0.25) is 0 Å². The van der Waals surface area contributed by atoms with Crippen molar-refractivity contribution in [2.45, 2.75) is 45.8 Å². The van der Waals surface area contributed by atoms with E-state index in [1.165, 1.54) is 0 Å². The summed E-state index contributed by atoms with van der Waals surface area (Å²) in [5, 5.41) is 9.37. The van der Waals surface area contributed by atoms with E-state index in [1.54, 1.807) is 16.7 Å². The third-order valence-corrected chi connectivity index (χ3v) is 2.97. The first-order valence-corrected chi connectivity index (χ1v) is 6.66. The summed E-state index contributed by atoms with van der Waals surface area (Å²) >= 11 is 0. The first kappa shape index (κ1) is 15.8. The Bertz CT molecular complexity index is 338. The molecule has 1 atom stereocenters. The van der Waals surface area contributed by atoms with Gasteiger partial charge in [0.2, 0.25) is 5.91 Å². The molecule has 0 aromatic rings. The Labute approximate surface area is 114 Å². The van der Waals surface area contributed by atoms with Crippen LogP contribution in [0.25, 0.3) is 0 Å². The molecule has 19 heavy (non-hydrogen) atoms.